The van der Waals surface area contributed by atoms with E-state index in [1.54, 1.807) is 0 Å². The summed E-state index contributed by atoms with van der Waals surface area (Å²) in [5.74, 6) is -0.793. The van der Waals surface area contributed by atoms with E-state index in [0.717, 1.165) is 19.2 Å². The Morgan fingerprint density at radius 3 is 2.29 bits per heavy atom. The van der Waals surface area contributed by atoms with Crippen molar-refractivity contribution in [3.05, 3.63) is 23.8 Å². The summed E-state index contributed by atoms with van der Waals surface area (Å²) >= 11 is 0. The number of methoxy groups -OCH3 is 1. The Hall–Kier alpha value is -0.0187. The molecule has 0 amide bonds. The van der Waals surface area contributed by atoms with Gasteiger partial charge in [-0.15, -0.1) is 5.46 Å². The van der Waals surface area contributed by atoms with Gasteiger partial charge in [-0.25, -0.2) is 4.79 Å². The molecule has 0 bridgehead atoms. The molecule has 0 aliphatic heterocycles. The summed E-state index contributed by atoms with van der Waals surface area (Å²) < 4.78 is 42.0. The van der Waals surface area contributed by atoms with E-state index in [0.29, 0.717) is 0 Å². The van der Waals surface area contributed by atoms with Crippen molar-refractivity contribution in [3.63, 3.8) is 0 Å². The Kier molecular flexibility index (Phi) is 6.78. The molecule has 0 unspecified atom stereocenters. The largest absolute Gasteiger partial charge is 1.00 e. The Morgan fingerprint density at radius 1 is 1.29 bits per heavy atom. The van der Waals surface area contributed by atoms with Crippen molar-refractivity contribution >= 4 is 24.1 Å². The van der Waals surface area contributed by atoms with Gasteiger partial charge in [-0.3, -0.25) is 0 Å². The van der Waals surface area contributed by atoms with Gasteiger partial charge < -0.3 is 23.0 Å². The van der Waals surface area contributed by atoms with Gasteiger partial charge in [0.25, 0.3) is 0 Å². The van der Waals surface area contributed by atoms with E-state index in [1.165, 1.54) is 13.1 Å². The van der Waals surface area contributed by atoms with Crippen molar-refractivity contribution in [3.8, 4) is 0 Å². The van der Waals surface area contributed by atoms with E-state index in [1.807, 2.05) is 0 Å². The third-order valence-electron chi connectivity index (χ3n) is 2.04. The first kappa shape index (κ1) is 17.0. The van der Waals surface area contributed by atoms with Gasteiger partial charge >= 0.3 is 64.3 Å². The number of ether oxygens (including phenoxy) is 1. The van der Waals surface area contributed by atoms with Crippen molar-refractivity contribution in [2.24, 2.45) is 0 Å². The first-order chi connectivity index (χ1) is 7.38. The number of hydrogen-bond acceptors (Lipinski definition) is 3. The number of rotatable bonds is 3. The molecule has 0 aliphatic rings. The van der Waals surface area contributed by atoms with Gasteiger partial charge in [0, 0.05) is 12.7 Å². The van der Waals surface area contributed by atoms with E-state index in [4.69, 9.17) is 0 Å². The van der Waals surface area contributed by atoms with Crippen molar-refractivity contribution in [2.45, 2.75) is 0 Å². The number of nitrogens with one attached hydrogen (secondary N) is 1. The molecular formula is C9H10BF3KNO2. The van der Waals surface area contributed by atoms with Crippen LogP contribution in [0.1, 0.15) is 10.4 Å². The second-order valence-electron chi connectivity index (χ2n) is 3.16. The molecule has 0 saturated heterocycles. The Balaban J connectivity index is 0.00000256. The van der Waals surface area contributed by atoms with Crippen molar-refractivity contribution in [1.82, 2.24) is 0 Å². The van der Waals surface area contributed by atoms with Crippen LogP contribution < -0.4 is 62.2 Å². The fraction of sp³-hybridized carbons (Fsp3) is 0.222. The fourth-order valence-electron chi connectivity index (χ4n) is 1.22. The van der Waals surface area contributed by atoms with Gasteiger partial charge in [-0.1, -0.05) is 12.1 Å². The maximum absolute atomic E-state index is 12.5. The smallest absolute Gasteiger partial charge is 0.465 e. The van der Waals surface area contributed by atoms with Crippen molar-refractivity contribution in [1.29, 1.82) is 0 Å². The molecule has 0 saturated carbocycles. The zero-order chi connectivity index (χ0) is 12.3. The van der Waals surface area contributed by atoms with Gasteiger partial charge in [0.15, 0.2) is 0 Å². The summed E-state index contributed by atoms with van der Waals surface area (Å²) in [4.78, 5) is 11.2. The van der Waals surface area contributed by atoms with E-state index < -0.39 is 18.4 Å². The Labute approximate surface area is 140 Å². The average molecular weight is 271 g/mol. The molecule has 0 spiro atoms. The maximum atomic E-state index is 12.5. The Morgan fingerprint density at radius 2 is 1.88 bits per heavy atom. The molecule has 88 valence electrons. The molecule has 0 aliphatic carbocycles. The number of hydrogen-bond donors (Lipinski definition) is 1. The molecule has 0 heterocycles. The monoisotopic (exact) mass is 271 g/mol. The predicted molar refractivity (Wildman–Crippen MR) is 56.0 cm³/mol. The SMILES string of the molecule is CNc1cc(C(=O)OC)cc([B-](F)(F)F)c1.[K+]. The third kappa shape index (κ3) is 4.63. The number of benzene rings is 1. The molecule has 17 heavy (non-hydrogen) atoms. The summed E-state index contributed by atoms with van der Waals surface area (Å²) in [5.41, 5.74) is -0.729. The summed E-state index contributed by atoms with van der Waals surface area (Å²) in [6.45, 7) is -5.13. The van der Waals surface area contributed by atoms with Crippen LogP contribution in [0, 0.1) is 0 Å². The van der Waals surface area contributed by atoms with Gasteiger partial charge in [-0.05, 0) is 6.07 Å². The van der Waals surface area contributed by atoms with Crippen LogP contribution in [-0.2, 0) is 4.74 Å². The summed E-state index contributed by atoms with van der Waals surface area (Å²) in [5, 5.41) is 2.56. The molecule has 0 fully saturated rings. The first-order valence-electron chi connectivity index (χ1n) is 4.49. The van der Waals surface area contributed by atoms with Crippen molar-refractivity contribution in [2.75, 3.05) is 19.5 Å². The molecule has 0 radical (unpaired) electrons. The molecule has 8 heteroatoms. The van der Waals surface area contributed by atoms with Crippen LogP contribution in [0.15, 0.2) is 18.2 Å². The van der Waals surface area contributed by atoms with E-state index in [2.05, 4.69) is 10.1 Å². The zero-order valence-electron chi connectivity index (χ0n) is 9.76. The first-order valence-corrected chi connectivity index (χ1v) is 4.49. The van der Waals surface area contributed by atoms with E-state index in [9.17, 15) is 17.7 Å². The van der Waals surface area contributed by atoms with Gasteiger partial charge in [0.05, 0.1) is 12.7 Å². The quantitative estimate of drug-likeness (QED) is 0.541. The zero-order valence-corrected chi connectivity index (χ0v) is 12.9. The maximum Gasteiger partial charge on any atom is 1.00 e. The van der Waals surface area contributed by atoms with Gasteiger partial charge in [0.2, 0.25) is 0 Å². The molecular weight excluding hydrogens is 261 g/mol. The van der Waals surface area contributed by atoms with E-state index >= 15 is 0 Å². The fourth-order valence-corrected chi connectivity index (χ4v) is 1.22. The van der Waals surface area contributed by atoms with Crippen LogP contribution in [0.4, 0.5) is 18.6 Å². The normalized spacial score (nSPS) is 10.4. The summed E-state index contributed by atoms with van der Waals surface area (Å²) in [6, 6.07) is 3.04. The predicted octanol–water partition coefficient (Wildman–Crippen LogP) is -1.43. The van der Waals surface area contributed by atoms with E-state index in [-0.39, 0.29) is 62.6 Å². The van der Waals surface area contributed by atoms with Gasteiger partial charge in [0.1, 0.15) is 0 Å². The molecule has 1 rings (SSSR count). The number of halogens is 3. The van der Waals surface area contributed by atoms with Crippen LogP contribution in [0.2, 0.25) is 0 Å². The second kappa shape index (κ2) is 6.79. The summed E-state index contributed by atoms with van der Waals surface area (Å²) in [7, 11) is 2.59. The minimum absolute atomic E-state index is 0. The topological polar surface area (TPSA) is 38.3 Å². The van der Waals surface area contributed by atoms with Crippen LogP contribution >= 0.6 is 0 Å². The standard InChI is InChI=1S/C9H10BF3NO2.K/c1-14-8-4-6(9(15)16-2)3-7(5-8)10(11,12)13;/h3-5,14H,1-2H3;/q-1;+1. The van der Waals surface area contributed by atoms with Crippen LogP contribution in [-0.4, -0.2) is 27.1 Å². The molecule has 1 N–H and O–H groups in total. The number of anilines is 1. The van der Waals surface area contributed by atoms with Crippen LogP contribution in [0.25, 0.3) is 0 Å². The molecule has 0 atom stereocenters. The number of esters is 1. The number of carbonyl (C=O) groups is 1. The molecule has 1 aromatic rings. The van der Waals surface area contributed by atoms with Crippen molar-refractivity contribution < 1.29 is 73.9 Å². The van der Waals surface area contributed by atoms with Crippen LogP contribution in [0.3, 0.4) is 0 Å². The number of carbonyl (C=O) groups excluding carboxylic acids is 1. The molecule has 0 aromatic heterocycles. The Bertz CT molecular complexity index is 412. The average Bonchev–Trinajstić information content (AvgIpc) is 2.26. The van der Waals surface area contributed by atoms with Gasteiger partial charge in [-0.2, -0.15) is 0 Å². The molecule has 3 nitrogen and oxygen atoms in total. The minimum atomic E-state index is -5.13. The third-order valence-corrected chi connectivity index (χ3v) is 2.04. The second-order valence-corrected chi connectivity index (χ2v) is 3.16. The minimum Gasteiger partial charge on any atom is -0.465 e. The van der Waals surface area contributed by atoms with Crippen LogP contribution in [0.5, 0.6) is 0 Å². The summed E-state index contributed by atoms with van der Waals surface area (Å²) in [6.07, 6.45) is 0. The molecule has 1 aromatic carbocycles.